The lowest BCUT2D eigenvalue weighted by molar-refractivity contribution is -0.134. The van der Waals surface area contributed by atoms with E-state index in [1.807, 2.05) is 29.2 Å². The number of carbonyl (C=O) groups is 2. The van der Waals surface area contributed by atoms with Crippen LogP contribution >= 0.6 is 0 Å². The Kier molecular flexibility index (Phi) is 7.25. The summed E-state index contributed by atoms with van der Waals surface area (Å²) in [5, 5.41) is 8.94. The highest BCUT2D eigenvalue weighted by Gasteiger charge is 2.23. The standard InChI is InChI=1S/C23H27NO5/c1-28-21-5-3-2-4-19(21)16-29-20-12-14-24(15-13-20)22(25)11-8-17-6-9-18(10-7-17)23(26)27/h2-7,9-10,20H,8,11-16H2,1H3,(H,26,27). The first-order valence-corrected chi connectivity index (χ1v) is 9.90. The third kappa shape index (κ3) is 5.81. The molecule has 2 aromatic carbocycles. The molecule has 1 amide bonds. The van der Waals surface area contributed by atoms with Crippen molar-refractivity contribution in [3.8, 4) is 5.75 Å². The third-order valence-electron chi connectivity index (χ3n) is 5.29. The smallest absolute Gasteiger partial charge is 0.335 e. The highest BCUT2D eigenvalue weighted by atomic mass is 16.5. The molecule has 0 unspecified atom stereocenters. The van der Waals surface area contributed by atoms with Crippen LogP contribution < -0.4 is 4.74 Å². The van der Waals surface area contributed by atoms with Gasteiger partial charge in [-0.2, -0.15) is 0 Å². The minimum atomic E-state index is -0.941. The van der Waals surface area contributed by atoms with Crippen molar-refractivity contribution in [3.63, 3.8) is 0 Å². The summed E-state index contributed by atoms with van der Waals surface area (Å²) in [6.07, 6.45) is 2.84. The lowest BCUT2D eigenvalue weighted by atomic mass is 10.0. The van der Waals surface area contributed by atoms with Gasteiger partial charge in [-0.3, -0.25) is 4.79 Å². The van der Waals surface area contributed by atoms with Gasteiger partial charge in [-0.15, -0.1) is 0 Å². The zero-order valence-corrected chi connectivity index (χ0v) is 16.7. The Hall–Kier alpha value is -2.86. The number of carboxylic acid groups (broad SMARTS) is 1. The summed E-state index contributed by atoms with van der Waals surface area (Å²) >= 11 is 0. The molecule has 6 heteroatoms. The number of hydrogen-bond acceptors (Lipinski definition) is 4. The number of nitrogens with zero attached hydrogens (tertiary/aromatic N) is 1. The molecule has 0 radical (unpaired) electrons. The molecular weight excluding hydrogens is 370 g/mol. The van der Waals surface area contributed by atoms with Gasteiger partial charge in [-0.1, -0.05) is 30.3 Å². The maximum absolute atomic E-state index is 12.5. The summed E-state index contributed by atoms with van der Waals surface area (Å²) < 4.78 is 11.4. The second-order valence-corrected chi connectivity index (χ2v) is 7.21. The highest BCUT2D eigenvalue weighted by molar-refractivity contribution is 5.87. The van der Waals surface area contributed by atoms with E-state index in [-0.39, 0.29) is 17.6 Å². The van der Waals surface area contributed by atoms with Gasteiger partial charge in [0.25, 0.3) is 0 Å². The first-order valence-electron chi connectivity index (χ1n) is 9.90. The number of aromatic carboxylic acids is 1. The average molecular weight is 397 g/mol. The van der Waals surface area contributed by atoms with Gasteiger partial charge in [-0.25, -0.2) is 4.79 Å². The molecule has 29 heavy (non-hydrogen) atoms. The number of amides is 1. The van der Waals surface area contributed by atoms with Crippen LogP contribution in [-0.2, 0) is 22.6 Å². The topological polar surface area (TPSA) is 76.1 Å². The maximum Gasteiger partial charge on any atom is 0.335 e. The van der Waals surface area contributed by atoms with E-state index in [0.29, 0.717) is 32.5 Å². The largest absolute Gasteiger partial charge is 0.496 e. The first kappa shape index (κ1) is 20.9. The van der Waals surface area contributed by atoms with Crippen LogP contribution in [-0.4, -0.2) is 48.2 Å². The molecule has 0 bridgehead atoms. The average Bonchev–Trinajstić information content (AvgIpc) is 2.76. The fraction of sp³-hybridized carbons (Fsp3) is 0.391. The number of para-hydroxylation sites is 1. The van der Waals surface area contributed by atoms with Crippen LogP contribution in [0.4, 0.5) is 0 Å². The number of hydrogen-bond donors (Lipinski definition) is 1. The van der Waals surface area contributed by atoms with Crippen molar-refractivity contribution in [2.75, 3.05) is 20.2 Å². The van der Waals surface area contributed by atoms with Crippen molar-refractivity contribution in [2.24, 2.45) is 0 Å². The summed E-state index contributed by atoms with van der Waals surface area (Å²) in [6.45, 7) is 1.91. The van der Waals surface area contributed by atoms with E-state index in [0.717, 1.165) is 29.7 Å². The zero-order chi connectivity index (χ0) is 20.6. The Bertz CT molecular complexity index is 825. The molecule has 0 atom stereocenters. The van der Waals surface area contributed by atoms with E-state index in [1.165, 1.54) is 0 Å². The predicted octanol–water partition coefficient (Wildman–Crippen LogP) is 3.53. The number of rotatable bonds is 8. The van der Waals surface area contributed by atoms with Gasteiger partial charge < -0.3 is 19.5 Å². The Morgan fingerprint density at radius 3 is 2.41 bits per heavy atom. The molecule has 0 aliphatic carbocycles. The van der Waals surface area contributed by atoms with Gasteiger partial charge in [0.15, 0.2) is 0 Å². The molecule has 0 spiro atoms. The van der Waals surface area contributed by atoms with Crippen molar-refractivity contribution in [2.45, 2.75) is 38.4 Å². The van der Waals surface area contributed by atoms with Crippen molar-refractivity contribution in [3.05, 3.63) is 65.2 Å². The summed E-state index contributed by atoms with van der Waals surface area (Å²) in [6, 6.07) is 14.5. The molecule has 1 saturated heterocycles. The minimum Gasteiger partial charge on any atom is -0.496 e. The number of piperidine rings is 1. The number of carboxylic acids is 1. The Balaban J connectivity index is 1.40. The molecule has 0 aromatic heterocycles. The van der Waals surface area contributed by atoms with Crippen LogP contribution in [0.1, 0.15) is 40.7 Å². The second kappa shape index (κ2) is 10.1. The predicted molar refractivity (Wildman–Crippen MR) is 109 cm³/mol. The van der Waals surface area contributed by atoms with E-state index >= 15 is 0 Å². The van der Waals surface area contributed by atoms with E-state index in [2.05, 4.69) is 0 Å². The molecule has 2 aromatic rings. The molecule has 1 heterocycles. The van der Waals surface area contributed by atoms with Crippen molar-refractivity contribution in [1.29, 1.82) is 0 Å². The fourth-order valence-corrected chi connectivity index (χ4v) is 3.53. The SMILES string of the molecule is COc1ccccc1COC1CCN(C(=O)CCc2ccc(C(=O)O)cc2)CC1. The summed E-state index contributed by atoms with van der Waals surface area (Å²) in [7, 11) is 1.66. The lowest BCUT2D eigenvalue weighted by Crippen LogP contribution is -2.40. The fourth-order valence-electron chi connectivity index (χ4n) is 3.53. The van der Waals surface area contributed by atoms with Crippen LogP contribution in [0.5, 0.6) is 5.75 Å². The van der Waals surface area contributed by atoms with Gasteiger partial charge in [0.1, 0.15) is 5.75 Å². The van der Waals surface area contributed by atoms with Crippen LogP contribution in [0, 0.1) is 0 Å². The minimum absolute atomic E-state index is 0.135. The van der Waals surface area contributed by atoms with E-state index in [9.17, 15) is 9.59 Å². The van der Waals surface area contributed by atoms with Crippen molar-refractivity contribution in [1.82, 2.24) is 4.90 Å². The molecule has 6 nitrogen and oxygen atoms in total. The van der Waals surface area contributed by atoms with Crippen molar-refractivity contribution < 1.29 is 24.2 Å². The Morgan fingerprint density at radius 2 is 1.76 bits per heavy atom. The van der Waals surface area contributed by atoms with Gasteiger partial charge in [0, 0.05) is 25.1 Å². The molecule has 1 fully saturated rings. The van der Waals surface area contributed by atoms with Crippen LogP contribution in [0.3, 0.4) is 0 Å². The Morgan fingerprint density at radius 1 is 1.07 bits per heavy atom. The number of likely N-dealkylation sites (tertiary alicyclic amines) is 1. The van der Waals surface area contributed by atoms with E-state index in [4.69, 9.17) is 14.6 Å². The number of carbonyl (C=O) groups excluding carboxylic acids is 1. The van der Waals surface area contributed by atoms with Gasteiger partial charge in [-0.05, 0) is 43.0 Å². The molecule has 1 aliphatic rings. The zero-order valence-electron chi connectivity index (χ0n) is 16.7. The van der Waals surface area contributed by atoms with E-state index < -0.39 is 5.97 Å². The number of aryl methyl sites for hydroxylation is 1. The quantitative estimate of drug-likeness (QED) is 0.737. The van der Waals surface area contributed by atoms with Gasteiger partial charge in [0.2, 0.25) is 5.91 Å². The molecule has 1 N–H and O–H groups in total. The number of benzene rings is 2. The monoisotopic (exact) mass is 397 g/mol. The summed E-state index contributed by atoms with van der Waals surface area (Å²) in [5.41, 5.74) is 2.26. The molecule has 0 saturated carbocycles. The van der Waals surface area contributed by atoms with Gasteiger partial charge in [0.05, 0.1) is 25.4 Å². The summed E-state index contributed by atoms with van der Waals surface area (Å²) in [4.78, 5) is 25.3. The first-order chi connectivity index (χ1) is 14.1. The lowest BCUT2D eigenvalue weighted by Gasteiger charge is -2.32. The molecule has 154 valence electrons. The molecule has 1 aliphatic heterocycles. The normalized spacial score (nSPS) is 14.6. The Labute approximate surface area is 171 Å². The van der Waals surface area contributed by atoms with E-state index in [1.54, 1.807) is 31.4 Å². The molecule has 3 rings (SSSR count). The molecular formula is C23H27NO5. The van der Waals surface area contributed by atoms with Gasteiger partial charge >= 0.3 is 5.97 Å². The van der Waals surface area contributed by atoms with Crippen molar-refractivity contribution >= 4 is 11.9 Å². The van der Waals surface area contributed by atoms with Crippen LogP contribution in [0.25, 0.3) is 0 Å². The maximum atomic E-state index is 12.5. The second-order valence-electron chi connectivity index (χ2n) is 7.21. The van der Waals surface area contributed by atoms with Crippen LogP contribution in [0.2, 0.25) is 0 Å². The van der Waals surface area contributed by atoms with Crippen LogP contribution in [0.15, 0.2) is 48.5 Å². The third-order valence-corrected chi connectivity index (χ3v) is 5.29. The summed E-state index contributed by atoms with van der Waals surface area (Å²) in [5.74, 6) is 0.0235. The number of methoxy groups -OCH3 is 1. The highest BCUT2D eigenvalue weighted by Crippen LogP contribution is 2.22. The number of ether oxygens (including phenoxy) is 2.